The van der Waals surface area contributed by atoms with Crippen LogP contribution in [-0.2, 0) is 4.74 Å². The summed E-state index contributed by atoms with van der Waals surface area (Å²) in [5.74, 6) is 0.119. The number of nitrogens with one attached hydrogen (secondary N) is 1. The molecule has 0 aliphatic rings. The highest BCUT2D eigenvalue weighted by Gasteiger charge is 2.29. The molecule has 5 nitrogen and oxygen atoms in total. The quantitative estimate of drug-likeness (QED) is 0.572. The molecular formula is C19H20NO4+. The van der Waals surface area contributed by atoms with E-state index in [1.165, 1.54) is 0 Å². The van der Waals surface area contributed by atoms with Gasteiger partial charge in [-0.25, -0.2) is 4.79 Å². The molecule has 3 aromatic rings. The van der Waals surface area contributed by atoms with Crippen LogP contribution in [0.5, 0.6) is 5.75 Å². The summed E-state index contributed by atoms with van der Waals surface area (Å²) in [6.07, 6.45) is 0. The molecule has 0 aliphatic carbocycles. The molecule has 3 rings (SSSR count). The summed E-state index contributed by atoms with van der Waals surface area (Å²) < 4.78 is 11.2. The highest BCUT2D eigenvalue weighted by Crippen LogP contribution is 2.40. The molecule has 0 saturated heterocycles. The van der Waals surface area contributed by atoms with Gasteiger partial charge in [0.05, 0.1) is 20.7 Å². The lowest BCUT2D eigenvalue weighted by molar-refractivity contribution is -0.785. The second kappa shape index (κ2) is 6.37. The second-order valence-corrected chi connectivity index (χ2v) is 5.73. The van der Waals surface area contributed by atoms with Crippen LogP contribution in [0.15, 0.2) is 46.9 Å². The number of furan rings is 1. The molecule has 2 N–H and O–H groups in total. The van der Waals surface area contributed by atoms with Gasteiger partial charge < -0.3 is 19.2 Å². The molecule has 1 heterocycles. The van der Waals surface area contributed by atoms with Crippen molar-refractivity contribution in [2.24, 2.45) is 0 Å². The number of phenols is 1. The summed E-state index contributed by atoms with van der Waals surface area (Å²) >= 11 is 0. The number of carbonyl (C=O) groups excluding carboxylic acids is 1. The first kappa shape index (κ1) is 16.1. The Morgan fingerprint density at radius 1 is 1.17 bits per heavy atom. The van der Waals surface area contributed by atoms with E-state index in [0.717, 1.165) is 10.5 Å². The van der Waals surface area contributed by atoms with Gasteiger partial charge in [0.2, 0.25) is 0 Å². The van der Waals surface area contributed by atoms with Crippen LogP contribution in [0.25, 0.3) is 22.3 Å². The molecule has 2 aromatic carbocycles. The summed E-state index contributed by atoms with van der Waals surface area (Å²) in [5.41, 5.74) is 2.30. The first-order valence-electron chi connectivity index (χ1n) is 7.86. The van der Waals surface area contributed by atoms with E-state index in [2.05, 4.69) is 0 Å². The average molecular weight is 326 g/mol. The van der Waals surface area contributed by atoms with Crippen LogP contribution in [0.4, 0.5) is 5.69 Å². The predicted molar refractivity (Wildman–Crippen MR) is 91.7 cm³/mol. The Morgan fingerprint density at radius 3 is 2.50 bits per heavy atom. The fourth-order valence-electron chi connectivity index (χ4n) is 2.88. The fraction of sp³-hybridized carbons (Fsp3) is 0.211. The van der Waals surface area contributed by atoms with Crippen molar-refractivity contribution >= 4 is 22.6 Å². The van der Waals surface area contributed by atoms with Crippen molar-refractivity contribution in [3.05, 3.63) is 48.0 Å². The number of phenolic OH excluding ortho intramolecular Hbond substituents is 1. The average Bonchev–Trinajstić information content (AvgIpc) is 2.94. The van der Waals surface area contributed by atoms with Gasteiger partial charge in [0, 0.05) is 5.56 Å². The Hall–Kier alpha value is -2.79. The van der Waals surface area contributed by atoms with E-state index in [-0.39, 0.29) is 12.4 Å². The molecule has 0 unspecified atom stereocenters. The largest absolute Gasteiger partial charge is 0.503 e. The standard InChI is InChI=1S/C19H19NO4/c1-4-23-19(22)16-15-14(11-10-13(21)17(15)20(2)3)24-18(16)12-8-6-5-7-9-12/h5-11,21H,4H2,1-3H3/p+1. The molecule has 0 bridgehead atoms. The minimum Gasteiger partial charge on any atom is -0.503 e. The van der Waals surface area contributed by atoms with Crippen LogP contribution in [0.1, 0.15) is 17.3 Å². The molecule has 0 fully saturated rings. The number of quaternary nitrogens is 1. The Bertz CT molecular complexity index is 881. The topological polar surface area (TPSA) is 64.1 Å². The monoisotopic (exact) mass is 326 g/mol. The molecule has 0 saturated carbocycles. The number of esters is 1. The van der Waals surface area contributed by atoms with Crippen LogP contribution < -0.4 is 4.90 Å². The minimum atomic E-state index is -0.455. The Kier molecular flexibility index (Phi) is 4.27. The zero-order chi connectivity index (χ0) is 17.3. The van der Waals surface area contributed by atoms with Gasteiger partial charge in [-0.1, -0.05) is 30.3 Å². The number of aromatic hydroxyl groups is 1. The molecule has 0 radical (unpaired) electrons. The highest BCUT2D eigenvalue weighted by molar-refractivity contribution is 6.12. The van der Waals surface area contributed by atoms with Crippen molar-refractivity contribution < 1.29 is 24.0 Å². The number of rotatable bonds is 4. The van der Waals surface area contributed by atoms with Crippen molar-refractivity contribution in [1.29, 1.82) is 0 Å². The summed E-state index contributed by atoms with van der Waals surface area (Å²) in [4.78, 5) is 13.5. The summed E-state index contributed by atoms with van der Waals surface area (Å²) in [6, 6.07) is 12.7. The third-order valence-electron chi connectivity index (χ3n) is 3.85. The number of benzene rings is 2. The number of hydrogen-bond donors (Lipinski definition) is 2. The smallest absolute Gasteiger partial charge is 0.342 e. The Balaban J connectivity index is 2.39. The van der Waals surface area contributed by atoms with Crippen molar-refractivity contribution in [1.82, 2.24) is 0 Å². The van der Waals surface area contributed by atoms with Gasteiger partial charge in [0.1, 0.15) is 22.3 Å². The van der Waals surface area contributed by atoms with Gasteiger partial charge in [-0.15, -0.1) is 0 Å². The molecule has 0 spiro atoms. The van der Waals surface area contributed by atoms with Gasteiger partial charge in [-0.05, 0) is 19.1 Å². The maximum Gasteiger partial charge on any atom is 0.342 e. The third kappa shape index (κ3) is 2.63. The number of fused-ring (bicyclic) bond motifs is 1. The highest BCUT2D eigenvalue weighted by atomic mass is 16.5. The summed E-state index contributed by atoms with van der Waals surface area (Å²) in [5, 5.41) is 10.9. The van der Waals surface area contributed by atoms with Crippen molar-refractivity contribution in [3.63, 3.8) is 0 Å². The zero-order valence-corrected chi connectivity index (χ0v) is 13.9. The van der Waals surface area contributed by atoms with Crippen LogP contribution in [0.3, 0.4) is 0 Å². The molecule has 124 valence electrons. The first-order valence-corrected chi connectivity index (χ1v) is 7.86. The van der Waals surface area contributed by atoms with Gasteiger partial charge >= 0.3 is 5.97 Å². The molecular weight excluding hydrogens is 306 g/mol. The predicted octanol–water partition coefficient (Wildman–Crippen LogP) is 2.76. The van der Waals surface area contributed by atoms with E-state index >= 15 is 0 Å². The van der Waals surface area contributed by atoms with Crippen LogP contribution in [0.2, 0.25) is 0 Å². The van der Waals surface area contributed by atoms with Crippen LogP contribution in [0, 0.1) is 0 Å². The van der Waals surface area contributed by atoms with Crippen LogP contribution in [-0.4, -0.2) is 31.8 Å². The maximum absolute atomic E-state index is 12.6. The lowest BCUT2D eigenvalue weighted by Gasteiger charge is -2.10. The number of hydrogen-bond acceptors (Lipinski definition) is 4. The van der Waals surface area contributed by atoms with Crippen molar-refractivity contribution in [2.45, 2.75) is 6.92 Å². The molecule has 1 aromatic heterocycles. The van der Waals surface area contributed by atoms with Gasteiger partial charge in [0.15, 0.2) is 11.4 Å². The lowest BCUT2D eigenvalue weighted by atomic mass is 10.0. The van der Waals surface area contributed by atoms with E-state index in [4.69, 9.17) is 9.15 Å². The third-order valence-corrected chi connectivity index (χ3v) is 3.85. The van der Waals surface area contributed by atoms with Gasteiger partial charge in [-0.3, -0.25) is 0 Å². The van der Waals surface area contributed by atoms with Gasteiger partial charge in [-0.2, -0.15) is 0 Å². The maximum atomic E-state index is 12.6. The Labute approximate surface area is 140 Å². The molecule has 0 atom stereocenters. The zero-order valence-electron chi connectivity index (χ0n) is 13.9. The van der Waals surface area contributed by atoms with Crippen molar-refractivity contribution in [3.8, 4) is 17.1 Å². The molecule has 0 aliphatic heterocycles. The molecule has 5 heteroatoms. The SMILES string of the molecule is CCOC(=O)c1c(-c2ccccc2)oc2ccc(O)c([NH+](C)C)c12. The Morgan fingerprint density at radius 2 is 1.88 bits per heavy atom. The second-order valence-electron chi connectivity index (χ2n) is 5.73. The summed E-state index contributed by atoms with van der Waals surface area (Å²) in [7, 11) is 3.78. The minimum absolute atomic E-state index is 0.119. The number of carbonyl (C=O) groups is 1. The lowest BCUT2D eigenvalue weighted by Crippen LogP contribution is -3.00. The molecule has 24 heavy (non-hydrogen) atoms. The number of ether oxygens (including phenoxy) is 1. The summed E-state index contributed by atoms with van der Waals surface area (Å²) in [6.45, 7) is 2.03. The van der Waals surface area contributed by atoms with E-state index in [0.29, 0.717) is 28.0 Å². The van der Waals surface area contributed by atoms with Crippen LogP contribution >= 0.6 is 0 Å². The van der Waals surface area contributed by atoms with E-state index in [1.807, 2.05) is 44.4 Å². The van der Waals surface area contributed by atoms with E-state index < -0.39 is 5.97 Å². The molecule has 0 amide bonds. The van der Waals surface area contributed by atoms with E-state index in [9.17, 15) is 9.90 Å². The van der Waals surface area contributed by atoms with Gasteiger partial charge in [0.25, 0.3) is 0 Å². The van der Waals surface area contributed by atoms with E-state index in [1.54, 1.807) is 19.1 Å². The van der Waals surface area contributed by atoms with Crippen molar-refractivity contribution in [2.75, 3.05) is 20.7 Å². The normalized spacial score (nSPS) is 11.2. The first-order chi connectivity index (χ1) is 11.5. The fourth-order valence-corrected chi connectivity index (χ4v) is 2.88.